The number of nitrogens with one attached hydrogen (secondary N) is 2. The summed E-state index contributed by atoms with van der Waals surface area (Å²) in [6.07, 6.45) is 1.14. The summed E-state index contributed by atoms with van der Waals surface area (Å²) in [5, 5.41) is 6.84. The van der Waals surface area contributed by atoms with Gasteiger partial charge in [-0.25, -0.2) is 0 Å². The summed E-state index contributed by atoms with van der Waals surface area (Å²) < 4.78 is 0. The predicted molar refractivity (Wildman–Crippen MR) is 72.4 cm³/mol. The van der Waals surface area contributed by atoms with Crippen LogP contribution in [-0.4, -0.2) is 6.54 Å². The van der Waals surface area contributed by atoms with Crippen LogP contribution >= 0.6 is 0 Å². The molecule has 0 saturated carbocycles. The van der Waals surface area contributed by atoms with Gasteiger partial charge in [0.15, 0.2) is 0 Å². The van der Waals surface area contributed by atoms with E-state index in [4.69, 9.17) is 0 Å². The van der Waals surface area contributed by atoms with Crippen molar-refractivity contribution in [2.75, 3.05) is 17.2 Å². The van der Waals surface area contributed by atoms with Gasteiger partial charge in [-0.1, -0.05) is 30.3 Å². The molecule has 17 heavy (non-hydrogen) atoms. The lowest BCUT2D eigenvalue weighted by Crippen LogP contribution is -1.99. The van der Waals surface area contributed by atoms with Gasteiger partial charge in [0, 0.05) is 24.5 Å². The van der Waals surface area contributed by atoms with Crippen molar-refractivity contribution in [1.29, 1.82) is 0 Å². The molecule has 1 aliphatic heterocycles. The molecule has 2 heteroatoms. The minimum atomic E-state index is 0.882. The molecule has 0 amide bonds. The number of hydrogen-bond donors (Lipinski definition) is 2. The average molecular weight is 224 g/mol. The third kappa shape index (κ3) is 2.26. The zero-order chi connectivity index (χ0) is 11.5. The van der Waals surface area contributed by atoms with E-state index in [1.807, 2.05) is 6.07 Å². The molecule has 2 N–H and O–H groups in total. The fourth-order valence-corrected chi connectivity index (χ4v) is 2.21. The molecule has 0 bridgehead atoms. The largest absolute Gasteiger partial charge is 0.384 e. The molecule has 0 aliphatic carbocycles. The molecule has 1 heterocycles. The molecule has 0 atom stereocenters. The topological polar surface area (TPSA) is 24.1 Å². The summed E-state index contributed by atoms with van der Waals surface area (Å²) >= 11 is 0. The molecule has 0 fully saturated rings. The zero-order valence-corrected chi connectivity index (χ0v) is 9.74. The van der Waals surface area contributed by atoms with E-state index in [2.05, 4.69) is 53.1 Å². The van der Waals surface area contributed by atoms with Crippen LogP contribution in [0.5, 0.6) is 0 Å². The van der Waals surface area contributed by atoms with Crippen molar-refractivity contribution in [3.8, 4) is 0 Å². The average Bonchev–Trinajstić information content (AvgIpc) is 2.85. The first-order valence-corrected chi connectivity index (χ1v) is 6.06. The van der Waals surface area contributed by atoms with Gasteiger partial charge in [-0.15, -0.1) is 0 Å². The van der Waals surface area contributed by atoms with Crippen LogP contribution in [0.1, 0.15) is 11.1 Å². The Bertz CT molecular complexity index is 506. The molecule has 0 spiro atoms. The molecule has 0 unspecified atom stereocenters. The van der Waals surface area contributed by atoms with Crippen LogP contribution in [0.4, 0.5) is 11.4 Å². The normalized spacial score (nSPS) is 12.9. The summed E-state index contributed by atoms with van der Waals surface area (Å²) in [5.41, 5.74) is 5.22. The number of hydrogen-bond acceptors (Lipinski definition) is 2. The third-order valence-electron chi connectivity index (χ3n) is 3.15. The Morgan fingerprint density at radius 2 is 1.94 bits per heavy atom. The molecule has 1 aliphatic rings. The maximum Gasteiger partial charge on any atom is 0.0400 e. The van der Waals surface area contributed by atoms with Crippen LogP contribution in [0, 0.1) is 0 Å². The Labute approximate surface area is 102 Å². The maximum absolute atomic E-state index is 3.46. The molecular weight excluding hydrogens is 208 g/mol. The summed E-state index contributed by atoms with van der Waals surface area (Å²) in [6, 6.07) is 17.0. The van der Waals surface area contributed by atoms with Crippen molar-refractivity contribution in [3.63, 3.8) is 0 Å². The van der Waals surface area contributed by atoms with Gasteiger partial charge < -0.3 is 10.6 Å². The van der Waals surface area contributed by atoms with Crippen molar-refractivity contribution >= 4 is 11.4 Å². The molecule has 86 valence electrons. The number of fused-ring (bicyclic) bond motifs is 1. The highest BCUT2D eigenvalue weighted by Gasteiger charge is 2.09. The number of anilines is 2. The van der Waals surface area contributed by atoms with Gasteiger partial charge in [0.05, 0.1) is 0 Å². The van der Waals surface area contributed by atoms with Crippen molar-refractivity contribution < 1.29 is 0 Å². The van der Waals surface area contributed by atoms with Gasteiger partial charge >= 0.3 is 0 Å². The maximum atomic E-state index is 3.46. The van der Waals surface area contributed by atoms with E-state index < -0.39 is 0 Å². The van der Waals surface area contributed by atoms with E-state index in [0.29, 0.717) is 0 Å². The highest BCUT2D eigenvalue weighted by molar-refractivity contribution is 5.62. The fourth-order valence-electron chi connectivity index (χ4n) is 2.21. The summed E-state index contributed by atoms with van der Waals surface area (Å²) in [6.45, 7) is 1.95. The second-order valence-corrected chi connectivity index (χ2v) is 4.39. The van der Waals surface area contributed by atoms with Gasteiger partial charge in [-0.3, -0.25) is 0 Å². The zero-order valence-electron chi connectivity index (χ0n) is 9.74. The van der Waals surface area contributed by atoms with E-state index in [9.17, 15) is 0 Å². The predicted octanol–water partition coefficient (Wildman–Crippen LogP) is 3.27. The van der Waals surface area contributed by atoms with Gasteiger partial charge in [0.1, 0.15) is 0 Å². The van der Waals surface area contributed by atoms with E-state index in [1.54, 1.807) is 0 Å². The molecule has 0 saturated heterocycles. The number of rotatable bonds is 3. The first-order chi connectivity index (χ1) is 8.42. The molecule has 0 radical (unpaired) electrons. The Morgan fingerprint density at radius 3 is 2.82 bits per heavy atom. The van der Waals surface area contributed by atoms with Crippen LogP contribution in [0.25, 0.3) is 0 Å². The van der Waals surface area contributed by atoms with Gasteiger partial charge in [-0.05, 0) is 35.7 Å². The van der Waals surface area contributed by atoms with Crippen molar-refractivity contribution in [2.24, 2.45) is 0 Å². The van der Waals surface area contributed by atoms with E-state index in [-0.39, 0.29) is 0 Å². The van der Waals surface area contributed by atoms with Crippen molar-refractivity contribution in [2.45, 2.75) is 13.0 Å². The van der Waals surface area contributed by atoms with Gasteiger partial charge in [0.2, 0.25) is 0 Å². The van der Waals surface area contributed by atoms with E-state index in [1.165, 1.54) is 22.5 Å². The molecule has 0 aromatic heterocycles. The second-order valence-electron chi connectivity index (χ2n) is 4.39. The van der Waals surface area contributed by atoms with Crippen LogP contribution in [0.2, 0.25) is 0 Å². The minimum Gasteiger partial charge on any atom is -0.384 e. The van der Waals surface area contributed by atoms with Gasteiger partial charge in [-0.2, -0.15) is 0 Å². The number of benzene rings is 2. The third-order valence-corrected chi connectivity index (χ3v) is 3.15. The van der Waals surface area contributed by atoms with Crippen LogP contribution in [0.15, 0.2) is 48.5 Å². The first-order valence-electron chi connectivity index (χ1n) is 6.06. The van der Waals surface area contributed by atoms with Crippen molar-refractivity contribution in [3.05, 3.63) is 59.7 Å². The van der Waals surface area contributed by atoms with Crippen molar-refractivity contribution in [1.82, 2.24) is 0 Å². The van der Waals surface area contributed by atoms with E-state index in [0.717, 1.165) is 19.5 Å². The van der Waals surface area contributed by atoms with Crippen LogP contribution in [-0.2, 0) is 13.0 Å². The Balaban J connectivity index is 1.70. The SMILES string of the molecule is c1ccc(CNc2ccc3c(c2)CCN3)cc1. The lowest BCUT2D eigenvalue weighted by atomic mass is 10.1. The Kier molecular flexibility index (Phi) is 2.70. The minimum absolute atomic E-state index is 0.882. The monoisotopic (exact) mass is 224 g/mol. The molecule has 2 aromatic carbocycles. The fraction of sp³-hybridized carbons (Fsp3) is 0.200. The summed E-state index contributed by atoms with van der Waals surface area (Å²) in [5.74, 6) is 0. The molecule has 3 rings (SSSR count). The molecular formula is C15H16N2. The standard InChI is InChI=1S/C15H16N2/c1-2-4-12(5-3-1)11-17-14-6-7-15-13(10-14)8-9-16-15/h1-7,10,16-17H,8-9,11H2. The lowest BCUT2D eigenvalue weighted by molar-refractivity contribution is 1.10. The molecule has 2 aromatic rings. The highest BCUT2D eigenvalue weighted by atomic mass is 14.9. The lowest BCUT2D eigenvalue weighted by Gasteiger charge is -2.08. The van der Waals surface area contributed by atoms with Crippen LogP contribution in [0.3, 0.4) is 0 Å². The quantitative estimate of drug-likeness (QED) is 0.836. The smallest absolute Gasteiger partial charge is 0.0400 e. The first kappa shape index (κ1) is 10.2. The Morgan fingerprint density at radius 1 is 1.06 bits per heavy atom. The molecule has 2 nitrogen and oxygen atoms in total. The second kappa shape index (κ2) is 4.50. The van der Waals surface area contributed by atoms with Gasteiger partial charge in [0.25, 0.3) is 0 Å². The summed E-state index contributed by atoms with van der Waals surface area (Å²) in [7, 11) is 0. The van der Waals surface area contributed by atoms with Crippen LogP contribution < -0.4 is 10.6 Å². The Hall–Kier alpha value is -1.96. The van der Waals surface area contributed by atoms with E-state index >= 15 is 0 Å². The summed E-state index contributed by atoms with van der Waals surface area (Å²) in [4.78, 5) is 0. The highest BCUT2D eigenvalue weighted by Crippen LogP contribution is 2.25.